The van der Waals surface area contributed by atoms with Gasteiger partial charge in [-0.15, -0.1) is 0 Å². The predicted molar refractivity (Wildman–Crippen MR) is 228 cm³/mol. The summed E-state index contributed by atoms with van der Waals surface area (Å²) >= 11 is 0. The van der Waals surface area contributed by atoms with Gasteiger partial charge in [0.05, 0.1) is 17.0 Å². The van der Waals surface area contributed by atoms with E-state index in [2.05, 4.69) is 158 Å². The number of hydrogen-bond acceptors (Lipinski definition) is 4. The van der Waals surface area contributed by atoms with Crippen molar-refractivity contribution >= 4 is 0 Å². The molecule has 1 aromatic heterocycles. The van der Waals surface area contributed by atoms with Crippen LogP contribution in [-0.2, 0) is 5.41 Å². The third-order valence-corrected chi connectivity index (χ3v) is 11.6. The molecule has 57 heavy (non-hydrogen) atoms. The van der Waals surface area contributed by atoms with Gasteiger partial charge in [-0.1, -0.05) is 164 Å². The first-order chi connectivity index (χ1) is 28.2. The summed E-state index contributed by atoms with van der Waals surface area (Å²) in [6, 6.07) is 70.3. The van der Waals surface area contributed by atoms with Crippen molar-refractivity contribution in [2.45, 2.75) is 5.41 Å². The minimum Gasteiger partial charge on any atom is -0.208 e. The molecule has 0 fully saturated rings. The maximum atomic E-state index is 10.1. The van der Waals surface area contributed by atoms with E-state index in [0.717, 1.165) is 50.1 Å². The van der Waals surface area contributed by atoms with E-state index in [0.29, 0.717) is 23.0 Å². The van der Waals surface area contributed by atoms with Crippen LogP contribution in [0.3, 0.4) is 0 Å². The summed E-state index contributed by atoms with van der Waals surface area (Å²) in [7, 11) is 0. The van der Waals surface area contributed by atoms with Gasteiger partial charge in [0.25, 0.3) is 0 Å². The topological polar surface area (TPSA) is 62.5 Å². The van der Waals surface area contributed by atoms with Gasteiger partial charge in [0.2, 0.25) is 0 Å². The third kappa shape index (κ3) is 5.10. The zero-order chi connectivity index (χ0) is 37.9. The van der Waals surface area contributed by atoms with Crippen LogP contribution in [0, 0.1) is 11.3 Å². The molecular weight excluding hydrogens is 693 g/mol. The summed E-state index contributed by atoms with van der Waals surface area (Å²) < 4.78 is 0. The van der Waals surface area contributed by atoms with Crippen molar-refractivity contribution in [3.05, 3.63) is 222 Å². The van der Waals surface area contributed by atoms with Crippen molar-refractivity contribution in [1.29, 1.82) is 5.26 Å². The molecule has 2 aliphatic rings. The molecule has 9 aromatic rings. The molecule has 0 radical (unpaired) electrons. The van der Waals surface area contributed by atoms with Crippen molar-refractivity contribution in [3.8, 4) is 84.7 Å². The first-order valence-corrected chi connectivity index (χ1v) is 19.2. The van der Waals surface area contributed by atoms with E-state index in [1.165, 1.54) is 33.4 Å². The molecule has 0 aliphatic heterocycles. The van der Waals surface area contributed by atoms with Crippen LogP contribution < -0.4 is 0 Å². The zero-order valence-electron chi connectivity index (χ0n) is 30.8. The summed E-state index contributed by atoms with van der Waals surface area (Å²) in [6.07, 6.45) is 0. The van der Waals surface area contributed by atoms with E-state index in [1.54, 1.807) is 0 Å². The molecule has 4 nitrogen and oxygen atoms in total. The van der Waals surface area contributed by atoms with E-state index < -0.39 is 5.41 Å². The second kappa shape index (κ2) is 12.9. The van der Waals surface area contributed by atoms with Gasteiger partial charge in [0.1, 0.15) is 0 Å². The fourth-order valence-electron chi connectivity index (χ4n) is 9.05. The van der Waals surface area contributed by atoms with E-state index in [1.807, 2.05) is 42.5 Å². The first-order valence-electron chi connectivity index (χ1n) is 19.2. The van der Waals surface area contributed by atoms with Crippen LogP contribution in [0.4, 0.5) is 0 Å². The smallest absolute Gasteiger partial charge is 0.164 e. The molecule has 1 heterocycles. The van der Waals surface area contributed by atoms with Gasteiger partial charge in [-0.3, -0.25) is 0 Å². The van der Waals surface area contributed by atoms with Crippen LogP contribution in [-0.4, -0.2) is 15.0 Å². The maximum Gasteiger partial charge on any atom is 0.164 e. The Balaban J connectivity index is 1.06. The number of nitriles is 1. The number of benzene rings is 8. The summed E-state index contributed by atoms with van der Waals surface area (Å²) in [5.74, 6) is 1.86. The summed E-state index contributed by atoms with van der Waals surface area (Å²) in [4.78, 5) is 15.2. The van der Waals surface area contributed by atoms with Crippen molar-refractivity contribution in [3.63, 3.8) is 0 Å². The number of nitrogens with zero attached hydrogens (tertiary/aromatic N) is 4. The van der Waals surface area contributed by atoms with Gasteiger partial charge in [-0.05, 0) is 97.1 Å². The molecule has 0 N–H and O–H groups in total. The second-order valence-corrected chi connectivity index (χ2v) is 14.7. The monoisotopic (exact) mass is 724 g/mol. The Morgan fingerprint density at radius 1 is 0.316 bits per heavy atom. The molecule has 8 aromatic carbocycles. The number of aromatic nitrogens is 3. The molecule has 0 unspecified atom stereocenters. The van der Waals surface area contributed by atoms with E-state index in [4.69, 9.17) is 15.0 Å². The predicted octanol–water partition coefficient (Wildman–Crippen LogP) is 12.4. The lowest BCUT2D eigenvalue weighted by Gasteiger charge is -2.30. The molecular formula is C53H32N4. The van der Waals surface area contributed by atoms with Crippen molar-refractivity contribution in [2.24, 2.45) is 0 Å². The van der Waals surface area contributed by atoms with Gasteiger partial charge in [-0.25, -0.2) is 15.0 Å². The average Bonchev–Trinajstić information content (AvgIpc) is 3.76. The van der Waals surface area contributed by atoms with Gasteiger partial charge < -0.3 is 0 Å². The highest BCUT2D eigenvalue weighted by Crippen LogP contribution is 2.63. The van der Waals surface area contributed by atoms with Gasteiger partial charge in [0, 0.05) is 16.7 Å². The molecule has 2 aliphatic carbocycles. The Morgan fingerprint density at radius 2 is 0.772 bits per heavy atom. The molecule has 264 valence electrons. The lowest BCUT2D eigenvalue weighted by molar-refractivity contribution is 0.793. The number of fused-ring (bicyclic) bond motifs is 10. The van der Waals surface area contributed by atoms with Gasteiger partial charge in [0.15, 0.2) is 17.5 Å². The van der Waals surface area contributed by atoms with E-state index in [-0.39, 0.29) is 0 Å². The van der Waals surface area contributed by atoms with Crippen LogP contribution in [0.15, 0.2) is 194 Å². The molecule has 0 saturated carbocycles. The minimum absolute atomic E-state index is 0.516. The highest BCUT2D eigenvalue weighted by Gasteiger charge is 2.51. The standard InChI is InChI=1S/C53H32N4/c54-33-34-25-27-44-45-32-39(26-28-48(45)53(49(44)29-34)46-23-9-7-21-42(46)43-22-8-10-24-47(43)53)38-18-12-20-41(31-38)52-56-50(36-15-5-2-6-16-36)55-51(57-52)40-19-11-17-37(30-40)35-13-3-1-4-14-35/h1-32H. The summed E-state index contributed by atoms with van der Waals surface area (Å²) in [6.45, 7) is 0. The van der Waals surface area contributed by atoms with Crippen LogP contribution in [0.25, 0.3) is 78.7 Å². The Morgan fingerprint density at radius 3 is 1.39 bits per heavy atom. The number of rotatable bonds is 5. The average molecular weight is 725 g/mol. The van der Waals surface area contributed by atoms with Gasteiger partial charge >= 0.3 is 0 Å². The van der Waals surface area contributed by atoms with Crippen molar-refractivity contribution in [1.82, 2.24) is 15.0 Å². The molecule has 11 rings (SSSR count). The fourth-order valence-corrected chi connectivity index (χ4v) is 9.05. The first kappa shape index (κ1) is 32.7. The maximum absolute atomic E-state index is 10.1. The normalized spacial score (nSPS) is 12.7. The second-order valence-electron chi connectivity index (χ2n) is 14.7. The number of hydrogen-bond donors (Lipinski definition) is 0. The van der Waals surface area contributed by atoms with E-state index >= 15 is 0 Å². The van der Waals surface area contributed by atoms with Gasteiger partial charge in [-0.2, -0.15) is 5.26 Å². The lowest BCUT2D eigenvalue weighted by atomic mass is 9.70. The Kier molecular flexibility index (Phi) is 7.42. The molecule has 0 bridgehead atoms. The summed E-state index contributed by atoms with van der Waals surface area (Å²) in [5.41, 5.74) is 17.0. The van der Waals surface area contributed by atoms with E-state index in [9.17, 15) is 5.26 Å². The quantitative estimate of drug-likeness (QED) is 0.177. The Labute approximate surface area is 331 Å². The molecule has 0 atom stereocenters. The molecule has 0 saturated heterocycles. The van der Waals surface area contributed by atoms with Crippen LogP contribution in [0.1, 0.15) is 27.8 Å². The van der Waals surface area contributed by atoms with Crippen molar-refractivity contribution in [2.75, 3.05) is 0 Å². The minimum atomic E-state index is -0.516. The summed E-state index contributed by atoms with van der Waals surface area (Å²) in [5, 5.41) is 10.1. The highest BCUT2D eigenvalue weighted by molar-refractivity contribution is 5.96. The Hall–Kier alpha value is -7.74. The van der Waals surface area contributed by atoms with Crippen molar-refractivity contribution < 1.29 is 0 Å². The SMILES string of the molecule is N#Cc1ccc2c(c1)C1(c3ccccc3-c3ccccc31)c1ccc(-c3cccc(-c4nc(-c5ccccc5)nc(-c5cccc(-c6ccccc6)c5)n4)c3)cc1-2. The lowest BCUT2D eigenvalue weighted by Crippen LogP contribution is -2.25. The largest absolute Gasteiger partial charge is 0.208 e. The van der Waals surface area contributed by atoms with Crippen LogP contribution in [0.2, 0.25) is 0 Å². The molecule has 0 amide bonds. The molecule has 1 spiro atoms. The van der Waals surface area contributed by atoms with Crippen LogP contribution in [0.5, 0.6) is 0 Å². The third-order valence-electron chi connectivity index (χ3n) is 11.6. The zero-order valence-corrected chi connectivity index (χ0v) is 30.8. The highest BCUT2D eigenvalue weighted by atomic mass is 15.0. The molecule has 4 heteroatoms. The van der Waals surface area contributed by atoms with Crippen LogP contribution >= 0.6 is 0 Å². The fraction of sp³-hybridized carbons (Fsp3) is 0.0189. The Bertz CT molecular complexity index is 3040.